The van der Waals surface area contributed by atoms with Gasteiger partial charge in [0.15, 0.2) is 5.69 Å². The summed E-state index contributed by atoms with van der Waals surface area (Å²) in [5, 5.41) is 14.8. The van der Waals surface area contributed by atoms with E-state index >= 15 is 0 Å². The number of rotatable bonds is 13. The predicted molar refractivity (Wildman–Crippen MR) is 202 cm³/mol. The number of hydrogen-bond donors (Lipinski definition) is 2. The highest BCUT2D eigenvalue weighted by atomic mass is 16.6. The van der Waals surface area contributed by atoms with Crippen molar-refractivity contribution in [2.45, 2.75) is 75.3 Å². The topological polar surface area (TPSA) is 135 Å². The first-order chi connectivity index (χ1) is 26.3. The summed E-state index contributed by atoms with van der Waals surface area (Å²) < 4.78 is 19.3. The molecule has 1 saturated heterocycles. The van der Waals surface area contributed by atoms with Gasteiger partial charge >= 0.3 is 6.09 Å². The normalized spacial score (nSPS) is 21.4. The number of carbonyl (C=O) groups is 3. The summed E-state index contributed by atoms with van der Waals surface area (Å²) in [6.07, 6.45) is 6.83. The van der Waals surface area contributed by atoms with Gasteiger partial charge in [0.05, 0.1) is 37.3 Å². The van der Waals surface area contributed by atoms with Crippen LogP contribution in [0.2, 0.25) is 0 Å². The lowest BCUT2D eigenvalue weighted by Gasteiger charge is -2.41. The number of imidazole rings is 1. The minimum atomic E-state index is -1.11. The fourth-order valence-electron chi connectivity index (χ4n) is 7.65. The maximum absolute atomic E-state index is 14.7. The Labute approximate surface area is 316 Å². The molecular weight excluding hydrogens is 686 g/mol. The van der Waals surface area contributed by atoms with Crippen LogP contribution in [-0.4, -0.2) is 100 Å². The smallest absolute Gasteiger partial charge is 0.410 e. The molecule has 12 nitrogen and oxygen atoms in total. The lowest BCUT2D eigenvalue weighted by molar-refractivity contribution is -0.0893. The summed E-state index contributed by atoms with van der Waals surface area (Å²) in [5.41, 5.74) is 2.11. The van der Waals surface area contributed by atoms with Crippen molar-refractivity contribution in [3.63, 3.8) is 0 Å². The van der Waals surface area contributed by atoms with E-state index in [9.17, 15) is 19.5 Å². The lowest BCUT2D eigenvalue weighted by Crippen LogP contribution is -2.57. The van der Waals surface area contributed by atoms with E-state index in [-0.39, 0.29) is 62.5 Å². The van der Waals surface area contributed by atoms with E-state index in [4.69, 9.17) is 19.2 Å². The van der Waals surface area contributed by atoms with Crippen LogP contribution in [0.25, 0.3) is 11.3 Å². The van der Waals surface area contributed by atoms with E-state index in [2.05, 4.69) is 5.32 Å². The molecule has 0 unspecified atom stereocenters. The van der Waals surface area contributed by atoms with Gasteiger partial charge in [-0.05, 0) is 55.5 Å². The molecule has 3 aliphatic rings. The van der Waals surface area contributed by atoms with Gasteiger partial charge in [-0.1, -0.05) is 73.5 Å². The molecule has 4 aromatic rings. The molecule has 3 aromatic carbocycles. The van der Waals surface area contributed by atoms with Gasteiger partial charge in [-0.25, -0.2) is 9.78 Å². The van der Waals surface area contributed by atoms with Crippen LogP contribution in [0.3, 0.4) is 0 Å². The molecular formula is C42H49N5O7. The average Bonchev–Trinajstić information content (AvgIpc) is 3.91. The number of ether oxygens (including phenoxy) is 3. The van der Waals surface area contributed by atoms with Crippen LogP contribution in [-0.2, 0) is 16.1 Å². The maximum Gasteiger partial charge on any atom is 0.410 e. The Morgan fingerprint density at radius 2 is 1.67 bits per heavy atom. The fraction of sp³-hybridized carbons (Fsp3) is 0.429. The van der Waals surface area contributed by atoms with Crippen LogP contribution in [0.15, 0.2) is 91.3 Å². The second-order valence-corrected chi connectivity index (χ2v) is 14.6. The van der Waals surface area contributed by atoms with E-state index < -0.39 is 17.7 Å². The molecule has 0 radical (unpaired) electrons. The average molecular weight is 736 g/mol. The van der Waals surface area contributed by atoms with Crippen molar-refractivity contribution in [1.29, 1.82) is 0 Å². The molecule has 12 heteroatoms. The van der Waals surface area contributed by atoms with Crippen LogP contribution >= 0.6 is 0 Å². The van der Waals surface area contributed by atoms with Gasteiger partial charge in [0, 0.05) is 50.3 Å². The largest absolute Gasteiger partial charge is 0.494 e. The van der Waals surface area contributed by atoms with Gasteiger partial charge in [-0.3, -0.25) is 9.59 Å². The highest BCUT2D eigenvalue weighted by molar-refractivity contribution is 5.99. The van der Waals surface area contributed by atoms with Crippen molar-refractivity contribution in [3.05, 3.63) is 108 Å². The zero-order valence-electron chi connectivity index (χ0n) is 30.8. The summed E-state index contributed by atoms with van der Waals surface area (Å²) in [7, 11) is 1.59. The Morgan fingerprint density at radius 3 is 2.39 bits per heavy atom. The van der Waals surface area contributed by atoms with Crippen LogP contribution in [0.1, 0.15) is 77.4 Å². The van der Waals surface area contributed by atoms with E-state index in [1.807, 2.05) is 65.2 Å². The number of piperazine rings is 1. The third kappa shape index (κ3) is 8.61. The Balaban J connectivity index is 1.12. The molecule has 3 atom stereocenters. The van der Waals surface area contributed by atoms with Gasteiger partial charge in [0.25, 0.3) is 11.8 Å². The highest BCUT2D eigenvalue weighted by Gasteiger charge is 2.43. The summed E-state index contributed by atoms with van der Waals surface area (Å²) in [6, 6.07) is 25.8. The first kappa shape index (κ1) is 37.1. The van der Waals surface area contributed by atoms with Gasteiger partial charge in [0.1, 0.15) is 18.0 Å². The van der Waals surface area contributed by atoms with Gasteiger partial charge in [0.2, 0.25) is 0 Å². The Bertz CT molecular complexity index is 1880. The third-order valence-corrected chi connectivity index (χ3v) is 10.7. The number of amides is 3. The second-order valence-electron chi connectivity index (χ2n) is 14.6. The molecule has 3 amide bonds. The summed E-state index contributed by atoms with van der Waals surface area (Å²) in [5.74, 6) is 0.253. The lowest BCUT2D eigenvalue weighted by atomic mass is 9.80. The molecule has 3 fully saturated rings. The molecule has 0 spiro atoms. The summed E-state index contributed by atoms with van der Waals surface area (Å²) in [4.78, 5) is 48.7. The highest BCUT2D eigenvalue weighted by Crippen LogP contribution is 2.41. The number of aromatic nitrogens is 2. The van der Waals surface area contributed by atoms with Crippen LogP contribution in [0.5, 0.6) is 5.75 Å². The number of nitrogens with zero attached hydrogens (tertiary/aromatic N) is 4. The summed E-state index contributed by atoms with van der Waals surface area (Å²) >= 11 is 0. The summed E-state index contributed by atoms with van der Waals surface area (Å²) in [6.45, 7) is 1.40. The van der Waals surface area contributed by atoms with Gasteiger partial charge in [-0.15, -0.1) is 0 Å². The molecule has 2 heterocycles. The number of benzene rings is 3. The van der Waals surface area contributed by atoms with Crippen LogP contribution in [0.4, 0.5) is 4.79 Å². The van der Waals surface area contributed by atoms with Crippen molar-refractivity contribution in [2.24, 2.45) is 0 Å². The molecule has 1 aromatic heterocycles. The number of hydrogen-bond acceptors (Lipinski definition) is 8. The van der Waals surface area contributed by atoms with Crippen molar-refractivity contribution in [1.82, 2.24) is 24.7 Å². The molecule has 1 aliphatic heterocycles. The zero-order valence-corrected chi connectivity index (χ0v) is 30.8. The van der Waals surface area contributed by atoms with Crippen LogP contribution < -0.4 is 10.1 Å². The zero-order chi connectivity index (χ0) is 37.5. The van der Waals surface area contributed by atoms with Crippen molar-refractivity contribution < 1.29 is 33.7 Å². The molecule has 2 N–H and O–H groups in total. The van der Waals surface area contributed by atoms with E-state index in [0.29, 0.717) is 36.4 Å². The minimum Gasteiger partial charge on any atom is -0.494 e. The van der Waals surface area contributed by atoms with Gasteiger partial charge in [-0.2, -0.15) is 0 Å². The first-order valence-corrected chi connectivity index (χ1v) is 19.0. The Morgan fingerprint density at radius 1 is 0.926 bits per heavy atom. The van der Waals surface area contributed by atoms with E-state index in [1.165, 1.54) is 0 Å². The van der Waals surface area contributed by atoms with E-state index in [1.54, 1.807) is 47.5 Å². The SMILES string of the molecule is COC[C@]1(O)CCCC[C@H]1n1cnc(C(=O)N2CCN(C(=O)OCc3ccccc3)C[C@H]2CCOc2ccc(C(=O)NC3CC3)cc2)c1-c1ccccc1. The van der Waals surface area contributed by atoms with Crippen molar-refractivity contribution in [3.8, 4) is 17.0 Å². The third-order valence-electron chi connectivity index (χ3n) is 10.7. The first-order valence-electron chi connectivity index (χ1n) is 19.0. The fourth-order valence-corrected chi connectivity index (χ4v) is 7.65. The molecule has 0 bridgehead atoms. The standard InChI is InChI=1S/C42H49N5O7/c1-52-28-42(51)22-9-8-14-36(42)47-29-43-37(38(47)31-12-6-3-7-13-31)40(49)46-24-23-45(41(50)54-27-30-10-4-2-5-11-30)26-34(46)21-25-53-35-19-15-32(16-20-35)39(48)44-33-17-18-33/h2-7,10-13,15-16,19-20,29,33-34,36,51H,8-9,14,17-18,21-28H2,1H3,(H,44,48)/t34-,36-,42-/m1/s1. The molecule has 54 heavy (non-hydrogen) atoms. The number of nitrogens with one attached hydrogen (secondary N) is 1. The second kappa shape index (κ2) is 16.9. The Hall–Kier alpha value is -5.20. The molecule has 284 valence electrons. The van der Waals surface area contributed by atoms with Crippen molar-refractivity contribution in [2.75, 3.05) is 40.0 Å². The van der Waals surface area contributed by atoms with Crippen LogP contribution in [0, 0.1) is 0 Å². The molecule has 7 rings (SSSR count). The number of carbonyl (C=O) groups excluding carboxylic acids is 3. The van der Waals surface area contributed by atoms with E-state index in [0.717, 1.165) is 43.2 Å². The number of aliphatic hydroxyl groups is 1. The number of methoxy groups -OCH3 is 1. The van der Waals surface area contributed by atoms with Crippen molar-refractivity contribution >= 4 is 17.9 Å². The predicted octanol–water partition coefficient (Wildman–Crippen LogP) is 5.87. The Kier molecular flexibility index (Phi) is 11.6. The molecule has 2 aliphatic carbocycles. The maximum atomic E-state index is 14.7. The monoisotopic (exact) mass is 735 g/mol. The van der Waals surface area contributed by atoms with Gasteiger partial charge < -0.3 is 39.0 Å². The quantitative estimate of drug-likeness (QED) is 0.174. The minimum absolute atomic E-state index is 0.0937. The molecule has 2 saturated carbocycles.